The SMILES string of the molecule is C[C@@H]1C[NH+](CCOCCSc2ccccc2)C[C@@H](C)O1. The molecule has 0 amide bonds. The fourth-order valence-corrected chi connectivity index (χ4v) is 3.43. The number of ether oxygens (including phenoxy) is 2. The second-order valence-electron chi connectivity index (χ2n) is 5.44. The van der Waals surface area contributed by atoms with E-state index in [4.69, 9.17) is 9.47 Å². The number of hydrogen-bond acceptors (Lipinski definition) is 3. The van der Waals surface area contributed by atoms with Crippen LogP contribution in [0.3, 0.4) is 0 Å². The summed E-state index contributed by atoms with van der Waals surface area (Å²) in [6.07, 6.45) is 0.754. The Morgan fingerprint density at radius 1 is 1.15 bits per heavy atom. The first-order chi connectivity index (χ1) is 9.74. The van der Waals surface area contributed by atoms with Crippen LogP contribution in [0.25, 0.3) is 0 Å². The van der Waals surface area contributed by atoms with Gasteiger partial charge in [-0.25, -0.2) is 0 Å². The molecular weight excluding hydrogens is 270 g/mol. The average Bonchev–Trinajstić information content (AvgIpc) is 2.43. The van der Waals surface area contributed by atoms with Crippen LogP contribution in [0.2, 0.25) is 0 Å². The zero-order chi connectivity index (χ0) is 14.2. The third kappa shape index (κ3) is 5.83. The Hall–Kier alpha value is -0.550. The zero-order valence-corrected chi connectivity index (χ0v) is 13.3. The number of nitrogens with one attached hydrogen (secondary N) is 1. The second-order valence-corrected chi connectivity index (χ2v) is 6.61. The Kier molecular flexibility index (Phi) is 6.87. The first-order valence-electron chi connectivity index (χ1n) is 7.48. The number of quaternary nitrogens is 1. The molecule has 0 bridgehead atoms. The summed E-state index contributed by atoms with van der Waals surface area (Å²) >= 11 is 1.86. The van der Waals surface area contributed by atoms with Gasteiger partial charge in [-0.05, 0) is 26.0 Å². The van der Waals surface area contributed by atoms with Gasteiger partial charge in [0.25, 0.3) is 0 Å². The molecular formula is C16H26NO2S+. The summed E-state index contributed by atoms with van der Waals surface area (Å²) in [7, 11) is 0. The van der Waals surface area contributed by atoms with Crippen molar-refractivity contribution in [3.63, 3.8) is 0 Å². The highest BCUT2D eigenvalue weighted by molar-refractivity contribution is 7.99. The summed E-state index contributed by atoms with van der Waals surface area (Å²) < 4.78 is 11.5. The van der Waals surface area contributed by atoms with Crippen LogP contribution in [0.5, 0.6) is 0 Å². The fraction of sp³-hybridized carbons (Fsp3) is 0.625. The second kappa shape index (κ2) is 8.67. The van der Waals surface area contributed by atoms with E-state index in [1.165, 1.54) is 4.90 Å². The normalized spacial score (nSPS) is 26.6. The smallest absolute Gasteiger partial charge is 0.104 e. The molecule has 3 nitrogen and oxygen atoms in total. The summed E-state index contributed by atoms with van der Waals surface area (Å²) in [6, 6.07) is 10.5. The molecule has 0 spiro atoms. The Balaban J connectivity index is 1.51. The van der Waals surface area contributed by atoms with Crippen molar-refractivity contribution < 1.29 is 14.4 Å². The van der Waals surface area contributed by atoms with E-state index >= 15 is 0 Å². The molecule has 1 N–H and O–H groups in total. The van der Waals surface area contributed by atoms with Gasteiger partial charge in [0.2, 0.25) is 0 Å². The van der Waals surface area contributed by atoms with Crippen LogP contribution < -0.4 is 4.90 Å². The van der Waals surface area contributed by atoms with Crippen molar-refractivity contribution in [2.24, 2.45) is 0 Å². The lowest BCUT2D eigenvalue weighted by Gasteiger charge is -2.32. The minimum absolute atomic E-state index is 0.377. The molecule has 1 aromatic carbocycles. The maximum absolute atomic E-state index is 5.75. The van der Waals surface area contributed by atoms with Gasteiger partial charge in [0.1, 0.15) is 31.8 Å². The van der Waals surface area contributed by atoms with E-state index in [2.05, 4.69) is 38.1 Å². The maximum atomic E-state index is 5.75. The molecule has 2 atom stereocenters. The lowest BCUT2D eigenvalue weighted by atomic mass is 10.2. The molecule has 1 aliphatic rings. The highest BCUT2D eigenvalue weighted by Gasteiger charge is 2.24. The van der Waals surface area contributed by atoms with Crippen LogP contribution in [0, 0.1) is 0 Å². The molecule has 0 saturated carbocycles. The standard InChI is InChI=1S/C16H25NO2S/c1-14-12-17(13-15(2)19-14)8-9-18-10-11-20-16-6-4-3-5-7-16/h3-7,14-15H,8-13H2,1-2H3/p+1/t14-,15-/m1/s1. The third-order valence-electron chi connectivity index (χ3n) is 3.46. The third-order valence-corrected chi connectivity index (χ3v) is 4.43. The topological polar surface area (TPSA) is 22.9 Å². The number of morpholine rings is 1. The van der Waals surface area contributed by atoms with Crippen molar-refractivity contribution in [3.05, 3.63) is 30.3 Å². The van der Waals surface area contributed by atoms with E-state index in [9.17, 15) is 0 Å². The van der Waals surface area contributed by atoms with Crippen molar-refractivity contribution in [1.82, 2.24) is 0 Å². The molecule has 0 unspecified atom stereocenters. The molecule has 112 valence electrons. The Bertz CT molecular complexity index is 364. The van der Waals surface area contributed by atoms with Crippen molar-refractivity contribution in [1.29, 1.82) is 0 Å². The summed E-state index contributed by atoms with van der Waals surface area (Å²) in [5.74, 6) is 1.02. The first-order valence-corrected chi connectivity index (χ1v) is 8.47. The van der Waals surface area contributed by atoms with Crippen molar-refractivity contribution in [2.75, 3.05) is 38.6 Å². The van der Waals surface area contributed by atoms with Gasteiger partial charge in [0, 0.05) is 10.6 Å². The van der Waals surface area contributed by atoms with Crippen LogP contribution in [0.4, 0.5) is 0 Å². The largest absolute Gasteiger partial charge is 0.375 e. The van der Waals surface area contributed by atoms with Gasteiger partial charge in [-0.15, -0.1) is 11.8 Å². The molecule has 1 aliphatic heterocycles. The quantitative estimate of drug-likeness (QED) is 0.609. The molecule has 2 rings (SSSR count). The van der Waals surface area contributed by atoms with Crippen molar-refractivity contribution in [3.8, 4) is 0 Å². The van der Waals surface area contributed by atoms with E-state index in [-0.39, 0.29) is 0 Å². The Labute approximate surface area is 126 Å². The van der Waals surface area contributed by atoms with Crippen LogP contribution in [-0.4, -0.2) is 50.8 Å². The number of hydrogen-bond donors (Lipinski definition) is 1. The van der Waals surface area contributed by atoms with E-state index in [0.29, 0.717) is 12.2 Å². The Morgan fingerprint density at radius 3 is 2.55 bits per heavy atom. The van der Waals surface area contributed by atoms with Gasteiger partial charge in [0.15, 0.2) is 0 Å². The van der Waals surface area contributed by atoms with Gasteiger partial charge in [-0.3, -0.25) is 0 Å². The van der Waals surface area contributed by atoms with E-state index < -0.39 is 0 Å². The van der Waals surface area contributed by atoms with Crippen molar-refractivity contribution >= 4 is 11.8 Å². The predicted octanol–water partition coefficient (Wildman–Crippen LogP) is 1.49. The molecule has 0 aliphatic carbocycles. The van der Waals surface area contributed by atoms with Gasteiger partial charge in [-0.2, -0.15) is 0 Å². The molecule has 1 heterocycles. The average molecular weight is 296 g/mol. The summed E-state index contributed by atoms with van der Waals surface area (Å²) in [6.45, 7) is 9.30. The molecule has 0 radical (unpaired) electrons. The van der Waals surface area contributed by atoms with Crippen LogP contribution in [0.15, 0.2) is 35.2 Å². The van der Waals surface area contributed by atoms with Gasteiger partial charge in [-0.1, -0.05) is 18.2 Å². The minimum atomic E-state index is 0.377. The van der Waals surface area contributed by atoms with E-state index in [0.717, 1.165) is 38.6 Å². The summed E-state index contributed by atoms with van der Waals surface area (Å²) in [5.41, 5.74) is 0. The molecule has 1 aromatic rings. The molecule has 1 fully saturated rings. The number of rotatable bonds is 7. The monoisotopic (exact) mass is 296 g/mol. The lowest BCUT2D eigenvalue weighted by Crippen LogP contribution is -3.15. The molecule has 4 heteroatoms. The number of benzene rings is 1. The first kappa shape index (κ1) is 15.8. The van der Waals surface area contributed by atoms with Gasteiger partial charge in [0.05, 0.1) is 13.2 Å². The summed E-state index contributed by atoms with van der Waals surface area (Å²) in [4.78, 5) is 2.92. The number of thioether (sulfide) groups is 1. The molecule has 1 saturated heterocycles. The predicted molar refractivity (Wildman–Crippen MR) is 83.6 cm³/mol. The minimum Gasteiger partial charge on any atom is -0.375 e. The maximum Gasteiger partial charge on any atom is 0.104 e. The Morgan fingerprint density at radius 2 is 1.85 bits per heavy atom. The van der Waals surface area contributed by atoms with E-state index in [1.54, 1.807) is 4.90 Å². The highest BCUT2D eigenvalue weighted by Crippen LogP contribution is 2.16. The fourth-order valence-electron chi connectivity index (χ4n) is 2.65. The van der Waals surface area contributed by atoms with Crippen molar-refractivity contribution in [2.45, 2.75) is 31.0 Å². The van der Waals surface area contributed by atoms with E-state index in [1.807, 2.05) is 17.8 Å². The lowest BCUT2D eigenvalue weighted by molar-refractivity contribution is -0.915. The van der Waals surface area contributed by atoms with Gasteiger partial charge < -0.3 is 14.4 Å². The van der Waals surface area contributed by atoms with Gasteiger partial charge >= 0.3 is 0 Å². The zero-order valence-electron chi connectivity index (χ0n) is 12.5. The molecule has 0 aromatic heterocycles. The van der Waals surface area contributed by atoms with Crippen LogP contribution >= 0.6 is 11.8 Å². The van der Waals surface area contributed by atoms with Crippen LogP contribution in [0.1, 0.15) is 13.8 Å². The summed E-state index contributed by atoms with van der Waals surface area (Å²) in [5, 5.41) is 0. The molecule has 20 heavy (non-hydrogen) atoms. The van der Waals surface area contributed by atoms with Crippen LogP contribution in [-0.2, 0) is 9.47 Å². The highest BCUT2D eigenvalue weighted by atomic mass is 32.2.